The van der Waals surface area contributed by atoms with E-state index in [2.05, 4.69) is 71.4 Å². The number of halogens is 1. The quantitative estimate of drug-likeness (QED) is 0.412. The molecule has 1 fully saturated rings. The molecule has 1 aromatic carbocycles. The lowest BCUT2D eigenvalue weighted by molar-refractivity contribution is 0.234. The van der Waals surface area contributed by atoms with E-state index < -0.39 is 0 Å². The van der Waals surface area contributed by atoms with Gasteiger partial charge in [0.25, 0.3) is 0 Å². The van der Waals surface area contributed by atoms with E-state index >= 15 is 0 Å². The average Bonchev–Trinajstić information content (AvgIpc) is 2.89. The molecule has 2 heterocycles. The summed E-state index contributed by atoms with van der Waals surface area (Å²) in [5.41, 5.74) is 5.02. The van der Waals surface area contributed by atoms with Gasteiger partial charge in [-0.3, -0.25) is 9.67 Å². The van der Waals surface area contributed by atoms with E-state index in [9.17, 15) is 0 Å². The lowest BCUT2D eigenvalue weighted by Gasteiger charge is -2.39. The van der Waals surface area contributed by atoms with Crippen molar-refractivity contribution in [2.24, 2.45) is 18.0 Å². The fourth-order valence-electron chi connectivity index (χ4n) is 4.11. The minimum Gasteiger partial charge on any atom is -0.352 e. The molecule has 2 aromatic rings. The second-order valence-electron chi connectivity index (χ2n) is 7.40. The monoisotopic (exact) mass is 481 g/mol. The molecular formula is C21H32IN5. The number of piperidine rings is 1. The first-order chi connectivity index (χ1) is 12.5. The molecule has 0 amide bonds. The second kappa shape index (κ2) is 9.57. The molecule has 2 atom stereocenters. The smallest absolute Gasteiger partial charge is 0.193 e. The van der Waals surface area contributed by atoms with Crippen LogP contribution in [0.1, 0.15) is 41.8 Å². The van der Waals surface area contributed by atoms with Crippen LogP contribution in [0.5, 0.6) is 0 Å². The third-order valence-corrected chi connectivity index (χ3v) is 5.73. The molecule has 0 radical (unpaired) electrons. The third kappa shape index (κ3) is 4.83. The van der Waals surface area contributed by atoms with Crippen LogP contribution in [0.25, 0.3) is 0 Å². The summed E-state index contributed by atoms with van der Waals surface area (Å²) in [5.74, 6) is 2.23. The van der Waals surface area contributed by atoms with E-state index in [0.29, 0.717) is 11.8 Å². The van der Waals surface area contributed by atoms with Crippen molar-refractivity contribution >= 4 is 29.9 Å². The minimum absolute atomic E-state index is 0. The van der Waals surface area contributed by atoms with Gasteiger partial charge in [0.15, 0.2) is 5.96 Å². The summed E-state index contributed by atoms with van der Waals surface area (Å²) in [6.45, 7) is 9.38. The van der Waals surface area contributed by atoms with E-state index in [-0.39, 0.29) is 24.0 Å². The first kappa shape index (κ1) is 21.7. The molecule has 27 heavy (non-hydrogen) atoms. The maximum atomic E-state index is 4.53. The summed E-state index contributed by atoms with van der Waals surface area (Å²) in [4.78, 5) is 6.92. The van der Waals surface area contributed by atoms with Crippen molar-refractivity contribution in [3.05, 3.63) is 52.8 Å². The molecule has 148 valence electrons. The van der Waals surface area contributed by atoms with Crippen LogP contribution in [-0.4, -0.2) is 40.8 Å². The van der Waals surface area contributed by atoms with Gasteiger partial charge in [-0.25, -0.2) is 0 Å². The summed E-state index contributed by atoms with van der Waals surface area (Å²) in [5, 5.41) is 8.05. The SMILES string of the molecule is CN=C(NCc1c(C)nn(C)c1C)N1CCC(c2ccccc2)C(C)C1.I. The van der Waals surface area contributed by atoms with Gasteiger partial charge in [0, 0.05) is 45.0 Å². The summed E-state index contributed by atoms with van der Waals surface area (Å²) < 4.78 is 1.95. The number of likely N-dealkylation sites (tertiary alicyclic amines) is 1. The average molecular weight is 481 g/mol. The van der Waals surface area contributed by atoms with Crippen molar-refractivity contribution in [2.75, 3.05) is 20.1 Å². The van der Waals surface area contributed by atoms with Crippen LogP contribution in [0.3, 0.4) is 0 Å². The van der Waals surface area contributed by atoms with Crippen molar-refractivity contribution in [1.82, 2.24) is 20.0 Å². The first-order valence-electron chi connectivity index (χ1n) is 9.50. The molecule has 0 bridgehead atoms. The number of aliphatic imine (C=N–C) groups is 1. The molecule has 1 aromatic heterocycles. The predicted molar refractivity (Wildman–Crippen MR) is 123 cm³/mol. The Bertz CT molecular complexity index is 768. The van der Waals surface area contributed by atoms with Gasteiger partial charge in [0.1, 0.15) is 0 Å². The van der Waals surface area contributed by atoms with E-state index in [4.69, 9.17) is 0 Å². The van der Waals surface area contributed by atoms with Crippen LogP contribution in [0.4, 0.5) is 0 Å². The number of rotatable bonds is 3. The highest BCUT2D eigenvalue weighted by molar-refractivity contribution is 14.0. The summed E-state index contributed by atoms with van der Waals surface area (Å²) >= 11 is 0. The zero-order valence-electron chi connectivity index (χ0n) is 17.1. The largest absolute Gasteiger partial charge is 0.352 e. The molecule has 5 nitrogen and oxygen atoms in total. The Balaban J connectivity index is 0.00000261. The van der Waals surface area contributed by atoms with Crippen LogP contribution in [0.2, 0.25) is 0 Å². The number of nitrogens with one attached hydrogen (secondary N) is 1. The zero-order chi connectivity index (χ0) is 18.7. The minimum atomic E-state index is 0. The molecule has 1 aliphatic heterocycles. The summed E-state index contributed by atoms with van der Waals surface area (Å²) in [7, 11) is 3.87. The number of aromatic nitrogens is 2. The van der Waals surface area contributed by atoms with Gasteiger partial charge in [-0.05, 0) is 37.7 Å². The highest BCUT2D eigenvalue weighted by atomic mass is 127. The second-order valence-corrected chi connectivity index (χ2v) is 7.40. The Hall–Kier alpha value is -1.57. The van der Waals surface area contributed by atoms with Gasteiger partial charge in [0.05, 0.1) is 5.69 Å². The van der Waals surface area contributed by atoms with Crippen molar-refractivity contribution in [3.63, 3.8) is 0 Å². The molecule has 0 spiro atoms. The Morgan fingerprint density at radius 3 is 2.52 bits per heavy atom. The van der Waals surface area contributed by atoms with E-state index in [0.717, 1.165) is 37.7 Å². The molecule has 3 rings (SSSR count). The number of guanidine groups is 1. The number of hydrogen-bond acceptors (Lipinski definition) is 2. The molecule has 0 aliphatic carbocycles. The Morgan fingerprint density at radius 1 is 1.26 bits per heavy atom. The van der Waals surface area contributed by atoms with Crippen LogP contribution in [-0.2, 0) is 13.6 Å². The van der Waals surface area contributed by atoms with Gasteiger partial charge in [0.2, 0.25) is 0 Å². The van der Waals surface area contributed by atoms with E-state index in [1.807, 2.05) is 18.8 Å². The van der Waals surface area contributed by atoms with E-state index in [1.165, 1.54) is 16.8 Å². The third-order valence-electron chi connectivity index (χ3n) is 5.73. The standard InChI is InChI=1S/C21H31N5.HI/c1-15-14-26(12-11-19(15)18-9-7-6-8-10-18)21(22-4)23-13-20-16(2)24-25(5)17(20)3;/h6-10,15,19H,11-14H2,1-5H3,(H,22,23);1H. The van der Waals surface area contributed by atoms with Gasteiger partial charge in [-0.1, -0.05) is 37.3 Å². The Morgan fingerprint density at radius 2 is 1.96 bits per heavy atom. The van der Waals surface area contributed by atoms with Gasteiger partial charge in [-0.2, -0.15) is 5.10 Å². The number of nitrogens with zero attached hydrogens (tertiary/aromatic N) is 4. The molecule has 1 N–H and O–H groups in total. The van der Waals surface area contributed by atoms with Crippen LogP contribution < -0.4 is 5.32 Å². The van der Waals surface area contributed by atoms with Crippen molar-refractivity contribution < 1.29 is 0 Å². The number of benzene rings is 1. The summed E-state index contributed by atoms with van der Waals surface area (Å²) in [6, 6.07) is 10.9. The number of aryl methyl sites for hydroxylation is 2. The fourth-order valence-corrected chi connectivity index (χ4v) is 4.11. The zero-order valence-corrected chi connectivity index (χ0v) is 19.4. The first-order valence-corrected chi connectivity index (χ1v) is 9.50. The molecule has 0 saturated carbocycles. The maximum Gasteiger partial charge on any atom is 0.193 e. The van der Waals surface area contributed by atoms with Crippen LogP contribution in [0, 0.1) is 19.8 Å². The fraction of sp³-hybridized carbons (Fsp3) is 0.524. The molecule has 2 unspecified atom stereocenters. The molecule has 1 aliphatic rings. The topological polar surface area (TPSA) is 45.5 Å². The normalized spacial score (nSPS) is 20.3. The van der Waals surface area contributed by atoms with Crippen molar-refractivity contribution in [3.8, 4) is 0 Å². The maximum absolute atomic E-state index is 4.53. The van der Waals surface area contributed by atoms with Crippen LogP contribution >= 0.6 is 24.0 Å². The summed E-state index contributed by atoms with van der Waals surface area (Å²) in [6.07, 6.45) is 1.16. The molecule has 6 heteroatoms. The van der Waals surface area contributed by atoms with Gasteiger partial charge < -0.3 is 10.2 Å². The molecular weight excluding hydrogens is 449 g/mol. The van der Waals surface area contributed by atoms with Gasteiger partial charge >= 0.3 is 0 Å². The van der Waals surface area contributed by atoms with E-state index in [1.54, 1.807) is 0 Å². The predicted octanol–water partition coefficient (Wildman–Crippen LogP) is 3.86. The van der Waals surface area contributed by atoms with Crippen molar-refractivity contribution in [2.45, 2.75) is 39.7 Å². The van der Waals surface area contributed by atoms with Crippen molar-refractivity contribution in [1.29, 1.82) is 0 Å². The lowest BCUT2D eigenvalue weighted by atomic mass is 9.82. The number of hydrogen-bond donors (Lipinski definition) is 1. The van der Waals surface area contributed by atoms with Gasteiger partial charge in [-0.15, -0.1) is 24.0 Å². The van der Waals surface area contributed by atoms with Crippen LogP contribution in [0.15, 0.2) is 35.3 Å². The highest BCUT2D eigenvalue weighted by Gasteiger charge is 2.28. The Kier molecular flexibility index (Phi) is 7.70. The Labute approximate surface area is 180 Å². The molecule has 1 saturated heterocycles. The lowest BCUT2D eigenvalue weighted by Crippen LogP contribution is -2.47. The highest BCUT2D eigenvalue weighted by Crippen LogP contribution is 2.32.